The fourth-order valence-electron chi connectivity index (χ4n) is 1.16. The number of hydrogen-bond acceptors (Lipinski definition) is 4. The number of carboxylic acids is 1. The minimum Gasteiger partial charge on any atom is -0.475 e. The summed E-state index contributed by atoms with van der Waals surface area (Å²) < 4.78 is 5.04. The molecule has 1 aromatic heterocycles. The molecule has 0 saturated carbocycles. The van der Waals surface area contributed by atoms with Gasteiger partial charge in [0.1, 0.15) is 5.76 Å². The van der Waals surface area contributed by atoms with Gasteiger partial charge in [-0.1, -0.05) is 0 Å². The Kier molecular flexibility index (Phi) is 4.86. The van der Waals surface area contributed by atoms with E-state index in [0.29, 0.717) is 12.3 Å². The maximum absolute atomic E-state index is 10.5. The van der Waals surface area contributed by atoms with Gasteiger partial charge in [-0.2, -0.15) is 0 Å². The first kappa shape index (κ1) is 11.7. The van der Waals surface area contributed by atoms with Crippen LogP contribution in [0.3, 0.4) is 0 Å². The van der Waals surface area contributed by atoms with Crippen LogP contribution in [0, 0.1) is 0 Å². The maximum atomic E-state index is 10.5. The lowest BCUT2D eigenvalue weighted by molar-refractivity contribution is 0.0660. The Hall–Kier alpha value is -1.33. The predicted octanol–water partition coefficient (Wildman–Crippen LogP) is 0.840. The first-order valence-corrected chi connectivity index (χ1v) is 4.87. The molecule has 0 saturated heterocycles. The summed E-state index contributed by atoms with van der Waals surface area (Å²) in [5.41, 5.74) is 0. The van der Waals surface area contributed by atoms with Gasteiger partial charge < -0.3 is 19.9 Å². The number of rotatable bonds is 7. The number of aliphatic hydroxyl groups excluding tert-OH is 1. The molecule has 3 N–H and O–H groups in total. The van der Waals surface area contributed by atoms with E-state index in [0.717, 1.165) is 19.4 Å². The monoisotopic (exact) mass is 213 g/mol. The zero-order valence-electron chi connectivity index (χ0n) is 8.40. The van der Waals surface area contributed by atoms with Crippen molar-refractivity contribution in [1.82, 2.24) is 5.32 Å². The smallest absolute Gasteiger partial charge is 0.371 e. The third-order valence-electron chi connectivity index (χ3n) is 1.93. The van der Waals surface area contributed by atoms with Crippen LogP contribution in [-0.4, -0.2) is 29.3 Å². The molecule has 0 aliphatic rings. The summed E-state index contributed by atoms with van der Waals surface area (Å²) in [5, 5.41) is 20.2. The molecule has 0 fully saturated rings. The largest absolute Gasteiger partial charge is 0.475 e. The van der Waals surface area contributed by atoms with E-state index in [1.807, 2.05) is 0 Å². The Bertz CT molecular complexity index is 308. The van der Waals surface area contributed by atoms with Crippen LogP contribution in [0.5, 0.6) is 0 Å². The number of hydrogen-bond donors (Lipinski definition) is 3. The van der Waals surface area contributed by atoms with Crippen molar-refractivity contribution in [3.8, 4) is 0 Å². The lowest BCUT2D eigenvalue weighted by atomic mass is 10.3. The summed E-state index contributed by atoms with van der Waals surface area (Å²) >= 11 is 0. The van der Waals surface area contributed by atoms with E-state index in [4.69, 9.17) is 14.6 Å². The average Bonchev–Trinajstić information content (AvgIpc) is 2.66. The third-order valence-corrected chi connectivity index (χ3v) is 1.93. The quantitative estimate of drug-likeness (QED) is 0.584. The van der Waals surface area contributed by atoms with Gasteiger partial charge in [0.05, 0.1) is 6.54 Å². The lowest BCUT2D eigenvalue weighted by Gasteiger charge is -2.00. The molecule has 0 spiro atoms. The number of aromatic carboxylic acids is 1. The molecule has 1 rings (SSSR count). The van der Waals surface area contributed by atoms with Crippen LogP contribution in [0.2, 0.25) is 0 Å². The summed E-state index contributed by atoms with van der Waals surface area (Å²) in [5.74, 6) is -0.486. The van der Waals surface area contributed by atoms with Gasteiger partial charge in [-0.15, -0.1) is 0 Å². The summed E-state index contributed by atoms with van der Waals surface area (Å²) in [6.45, 7) is 1.49. The summed E-state index contributed by atoms with van der Waals surface area (Å²) in [6.07, 6.45) is 1.66. The van der Waals surface area contributed by atoms with Crippen LogP contribution >= 0.6 is 0 Å². The fourth-order valence-corrected chi connectivity index (χ4v) is 1.16. The second-order valence-electron chi connectivity index (χ2n) is 3.18. The summed E-state index contributed by atoms with van der Waals surface area (Å²) in [7, 11) is 0. The number of nitrogens with one attached hydrogen (secondary N) is 1. The van der Waals surface area contributed by atoms with Crippen molar-refractivity contribution in [2.75, 3.05) is 13.2 Å². The molecule has 0 radical (unpaired) electrons. The highest BCUT2D eigenvalue weighted by molar-refractivity contribution is 5.84. The Morgan fingerprint density at radius 3 is 2.80 bits per heavy atom. The van der Waals surface area contributed by atoms with E-state index in [1.165, 1.54) is 6.07 Å². The van der Waals surface area contributed by atoms with Crippen LogP contribution in [0.25, 0.3) is 0 Å². The van der Waals surface area contributed by atoms with Crippen molar-refractivity contribution in [2.45, 2.75) is 19.4 Å². The average molecular weight is 213 g/mol. The minimum atomic E-state index is -1.05. The van der Waals surface area contributed by atoms with Gasteiger partial charge in [-0.3, -0.25) is 0 Å². The van der Waals surface area contributed by atoms with Gasteiger partial charge in [-0.05, 0) is 31.5 Å². The Morgan fingerprint density at radius 2 is 2.20 bits per heavy atom. The topological polar surface area (TPSA) is 82.7 Å². The Labute approximate surface area is 87.7 Å². The van der Waals surface area contributed by atoms with E-state index >= 15 is 0 Å². The van der Waals surface area contributed by atoms with Gasteiger partial charge in [0, 0.05) is 6.61 Å². The van der Waals surface area contributed by atoms with E-state index < -0.39 is 5.97 Å². The van der Waals surface area contributed by atoms with Crippen LogP contribution in [0.1, 0.15) is 29.2 Å². The van der Waals surface area contributed by atoms with E-state index in [1.54, 1.807) is 6.07 Å². The SMILES string of the molecule is O=C(O)c1ccc(CNCCCCO)o1. The molecule has 5 heteroatoms. The fraction of sp³-hybridized carbons (Fsp3) is 0.500. The highest BCUT2D eigenvalue weighted by Crippen LogP contribution is 2.07. The number of aliphatic hydroxyl groups is 1. The van der Waals surface area contributed by atoms with Crippen LogP contribution in [-0.2, 0) is 6.54 Å². The molecule has 0 bridgehead atoms. The highest BCUT2D eigenvalue weighted by atomic mass is 16.4. The molecular formula is C10H15NO4. The van der Waals surface area contributed by atoms with E-state index in [-0.39, 0.29) is 12.4 Å². The van der Waals surface area contributed by atoms with Crippen molar-refractivity contribution in [3.05, 3.63) is 23.7 Å². The molecule has 0 aromatic carbocycles. The van der Waals surface area contributed by atoms with Gasteiger partial charge in [0.25, 0.3) is 0 Å². The van der Waals surface area contributed by atoms with Crippen molar-refractivity contribution in [2.24, 2.45) is 0 Å². The van der Waals surface area contributed by atoms with Crippen molar-refractivity contribution < 1.29 is 19.4 Å². The first-order valence-electron chi connectivity index (χ1n) is 4.87. The molecular weight excluding hydrogens is 198 g/mol. The molecule has 1 heterocycles. The van der Waals surface area contributed by atoms with Gasteiger partial charge in [0.15, 0.2) is 0 Å². The molecule has 0 atom stereocenters. The van der Waals surface area contributed by atoms with Crippen LogP contribution in [0.4, 0.5) is 0 Å². The molecule has 15 heavy (non-hydrogen) atoms. The zero-order chi connectivity index (χ0) is 11.1. The third kappa shape index (κ3) is 4.14. The molecule has 84 valence electrons. The number of unbranched alkanes of at least 4 members (excludes halogenated alkanes) is 1. The van der Waals surface area contributed by atoms with Gasteiger partial charge in [0.2, 0.25) is 5.76 Å². The van der Waals surface area contributed by atoms with E-state index in [9.17, 15) is 4.79 Å². The molecule has 1 aromatic rings. The van der Waals surface area contributed by atoms with Crippen LogP contribution in [0.15, 0.2) is 16.5 Å². The normalized spacial score (nSPS) is 10.5. The Morgan fingerprint density at radius 1 is 1.40 bits per heavy atom. The summed E-state index contributed by atoms with van der Waals surface area (Å²) in [4.78, 5) is 10.5. The second-order valence-corrected chi connectivity index (χ2v) is 3.18. The lowest BCUT2D eigenvalue weighted by Crippen LogP contribution is -2.14. The maximum Gasteiger partial charge on any atom is 0.371 e. The molecule has 0 amide bonds. The summed E-state index contributed by atoms with van der Waals surface area (Å²) in [6, 6.07) is 3.08. The van der Waals surface area contributed by atoms with E-state index in [2.05, 4.69) is 5.32 Å². The molecule has 0 aliphatic heterocycles. The van der Waals surface area contributed by atoms with Crippen molar-refractivity contribution in [1.29, 1.82) is 0 Å². The molecule has 0 unspecified atom stereocenters. The standard InChI is InChI=1S/C10H15NO4/c12-6-2-1-5-11-7-8-3-4-9(15-8)10(13)14/h3-4,11-12H,1-2,5-7H2,(H,13,14). The number of carbonyl (C=O) groups is 1. The van der Waals surface area contributed by atoms with Crippen LogP contribution < -0.4 is 5.32 Å². The van der Waals surface area contributed by atoms with Crippen molar-refractivity contribution >= 4 is 5.97 Å². The predicted molar refractivity (Wildman–Crippen MR) is 53.7 cm³/mol. The van der Waals surface area contributed by atoms with Gasteiger partial charge in [-0.25, -0.2) is 4.79 Å². The first-order chi connectivity index (χ1) is 7.24. The minimum absolute atomic E-state index is 0.0397. The zero-order valence-corrected chi connectivity index (χ0v) is 8.40. The number of furan rings is 1. The second kappa shape index (κ2) is 6.21. The molecule has 0 aliphatic carbocycles. The Balaban J connectivity index is 2.23. The highest BCUT2D eigenvalue weighted by Gasteiger charge is 2.07. The van der Waals surface area contributed by atoms with Gasteiger partial charge >= 0.3 is 5.97 Å². The van der Waals surface area contributed by atoms with Crippen molar-refractivity contribution in [3.63, 3.8) is 0 Å². The molecule has 5 nitrogen and oxygen atoms in total. The number of carboxylic acid groups (broad SMARTS) is 1.